The molecule has 0 fully saturated rings. The van der Waals surface area contributed by atoms with Crippen LogP contribution in [0.4, 0.5) is 19.0 Å². The molecule has 1 unspecified atom stereocenters. The lowest BCUT2D eigenvalue weighted by Gasteiger charge is -2.14. The van der Waals surface area contributed by atoms with Crippen LogP contribution in [0.25, 0.3) is 10.2 Å². The number of fused-ring (bicyclic) bond motifs is 1. The summed E-state index contributed by atoms with van der Waals surface area (Å²) in [5.74, 6) is 0.870. The fourth-order valence-corrected chi connectivity index (χ4v) is 2.87. The number of nitrogens with one attached hydrogen (secondary N) is 1. The predicted molar refractivity (Wildman–Crippen MR) is 88.9 cm³/mol. The smallest absolute Gasteiger partial charge is 0.416 e. The molecule has 25 heavy (non-hydrogen) atoms. The van der Waals surface area contributed by atoms with Crippen LogP contribution in [0.3, 0.4) is 0 Å². The minimum Gasteiger partial charge on any atom is -0.491 e. The Kier molecular flexibility index (Phi) is 5.05. The van der Waals surface area contributed by atoms with Crippen molar-refractivity contribution in [2.75, 3.05) is 18.5 Å². The van der Waals surface area contributed by atoms with Crippen LogP contribution in [-0.4, -0.2) is 34.3 Å². The summed E-state index contributed by atoms with van der Waals surface area (Å²) in [7, 11) is 0. The van der Waals surface area contributed by atoms with Crippen molar-refractivity contribution in [3.05, 3.63) is 47.6 Å². The minimum absolute atomic E-state index is 0.0593. The molecule has 3 aromatic rings. The van der Waals surface area contributed by atoms with Crippen LogP contribution in [0.5, 0.6) is 5.75 Å². The normalized spacial score (nSPS) is 13.0. The summed E-state index contributed by atoms with van der Waals surface area (Å²) < 4.78 is 42.8. The Morgan fingerprint density at radius 2 is 1.92 bits per heavy atom. The standard InChI is InChI=1S/C16H14F3N3O2S/c17-16(18,19)10-1-3-12(4-2-10)24-8-11(23)7-20-14-13-5-6-25-15(13)22-9-21-14/h1-6,9,11,23H,7-8H2,(H,20,21,22). The number of aliphatic hydroxyl groups excluding tert-OH is 1. The van der Waals surface area contributed by atoms with Crippen LogP contribution in [0.2, 0.25) is 0 Å². The number of nitrogens with zero attached hydrogens (tertiary/aromatic N) is 2. The van der Waals surface area contributed by atoms with Crippen LogP contribution < -0.4 is 10.1 Å². The fourth-order valence-electron chi connectivity index (χ4n) is 2.14. The SMILES string of the molecule is OC(CNc1ncnc2sccc12)COc1ccc(C(F)(F)F)cc1. The van der Waals surface area contributed by atoms with Crippen molar-refractivity contribution < 1.29 is 23.0 Å². The molecule has 132 valence electrons. The second-order valence-electron chi connectivity index (χ2n) is 5.23. The first-order chi connectivity index (χ1) is 11.9. The first kappa shape index (κ1) is 17.4. The summed E-state index contributed by atoms with van der Waals surface area (Å²) in [6, 6.07) is 6.21. The van der Waals surface area contributed by atoms with Gasteiger partial charge in [-0.25, -0.2) is 9.97 Å². The highest BCUT2D eigenvalue weighted by Gasteiger charge is 2.30. The number of rotatable bonds is 6. The maximum absolute atomic E-state index is 12.5. The van der Waals surface area contributed by atoms with E-state index in [0.29, 0.717) is 5.82 Å². The molecule has 1 atom stereocenters. The van der Waals surface area contributed by atoms with E-state index in [1.54, 1.807) is 0 Å². The van der Waals surface area contributed by atoms with Gasteiger partial charge >= 0.3 is 6.18 Å². The van der Waals surface area contributed by atoms with E-state index >= 15 is 0 Å². The summed E-state index contributed by atoms with van der Waals surface area (Å²) in [6.45, 7) is 0.124. The van der Waals surface area contributed by atoms with Gasteiger partial charge in [-0.1, -0.05) is 0 Å². The first-order valence-corrected chi connectivity index (χ1v) is 8.21. The van der Waals surface area contributed by atoms with Gasteiger partial charge in [0.2, 0.25) is 0 Å². The average Bonchev–Trinajstić information content (AvgIpc) is 3.07. The summed E-state index contributed by atoms with van der Waals surface area (Å²) in [5.41, 5.74) is -0.745. The lowest BCUT2D eigenvalue weighted by molar-refractivity contribution is -0.137. The molecular weight excluding hydrogens is 355 g/mol. The molecule has 0 radical (unpaired) electrons. The van der Waals surface area contributed by atoms with Crippen LogP contribution in [0, 0.1) is 0 Å². The molecule has 9 heteroatoms. The van der Waals surface area contributed by atoms with E-state index in [1.165, 1.54) is 29.8 Å². The zero-order chi connectivity index (χ0) is 17.9. The monoisotopic (exact) mass is 369 g/mol. The summed E-state index contributed by atoms with van der Waals surface area (Å²) in [6.07, 6.45) is -3.80. The zero-order valence-electron chi connectivity index (χ0n) is 12.8. The summed E-state index contributed by atoms with van der Waals surface area (Å²) in [4.78, 5) is 9.10. The lowest BCUT2D eigenvalue weighted by atomic mass is 10.2. The Balaban J connectivity index is 1.51. The van der Waals surface area contributed by atoms with Gasteiger partial charge in [0.05, 0.1) is 10.9 Å². The maximum Gasteiger partial charge on any atom is 0.416 e. The van der Waals surface area contributed by atoms with Crippen molar-refractivity contribution in [2.45, 2.75) is 12.3 Å². The number of halogens is 3. The van der Waals surface area contributed by atoms with Crippen molar-refractivity contribution in [3.63, 3.8) is 0 Å². The Labute approximate surface area is 145 Å². The molecule has 0 amide bonds. The number of hydrogen-bond donors (Lipinski definition) is 2. The highest BCUT2D eigenvalue weighted by Crippen LogP contribution is 2.30. The van der Waals surface area contributed by atoms with E-state index < -0.39 is 17.8 Å². The minimum atomic E-state index is -4.38. The van der Waals surface area contributed by atoms with Gasteiger partial charge in [0.25, 0.3) is 0 Å². The van der Waals surface area contributed by atoms with E-state index in [4.69, 9.17) is 4.74 Å². The number of alkyl halides is 3. The molecule has 3 rings (SSSR count). The molecule has 1 aromatic carbocycles. The molecule has 2 N–H and O–H groups in total. The number of benzene rings is 1. The zero-order valence-corrected chi connectivity index (χ0v) is 13.6. The highest BCUT2D eigenvalue weighted by atomic mass is 32.1. The quantitative estimate of drug-likeness (QED) is 0.695. The van der Waals surface area contributed by atoms with Gasteiger partial charge in [0.1, 0.15) is 35.4 Å². The molecule has 0 aliphatic carbocycles. The van der Waals surface area contributed by atoms with Crippen molar-refractivity contribution in [1.82, 2.24) is 9.97 Å². The van der Waals surface area contributed by atoms with Crippen LogP contribution in [-0.2, 0) is 6.18 Å². The van der Waals surface area contributed by atoms with Gasteiger partial charge in [-0.2, -0.15) is 13.2 Å². The first-order valence-electron chi connectivity index (χ1n) is 7.33. The third-order valence-electron chi connectivity index (χ3n) is 3.39. The predicted octanol–water partition coefficient (Wildman–Crippen LogP) is 3.56. The van der Waals surface area contributed by atoms with Crippen molar-refractivity contribution in [2.24, 2.45) is 0 Å². The van der Waals surface area contributed by atoms with Gasteiger partial charge in [0.15, 0.2) is 0 Å². The molecule has 0 spiro atoms. The number of thiophene rings is 1. The van der Waals surface area contributed by atoms with Crippen LogP contribution in [0.1, 0.15) is 5.56 Å². The van der Waals surface area contributed by atoms with Gasteiger partial charge < -0.3 is 15.2 Å². The molecule has 0 saturated carbocycles. The van der Waals surface area contributed by atoms with E-state index in [-0.39, 0.29) is 18.9 Å². The molecule has 5 nitrogen and oxygen atoms in total. The third-order valence-corrected chi connectivity index (χ3v) is 4.21. The van der Waals surface area contributed by atoms with Gasteiger partial charge in [-0.3, -0.25) is 0 Å². The Morgan fingerprint density at radius 1 is 1.16 bits per heavy atom. The lowest BCUT2D eigenvalue weighted by Crippen LogP contribution is -2.26. The number of anilines is 1. The second kappa shape index (κ2) is 7.24. The van der Waals surface area contributed by atoms with Crippen LogP contribution >= 0.6 is 11.3 Å². The van der Waals surface area contributed by atoms with Crippen molar-refractivity contribution in [3.8, 4) is 5.75 Å². The second-order valence-corrected chi connectivity index (χ2v) is 6.12. The maximum atomic E-state index is 12.5. The van der Waals surface area contributed by atoms with E-state index in [1.807, 2.05) is 11.4 Å². The number of aromatic nitrogens is 2. The molecule has 0 bridgehead atoms. The fraction of sp³-hybridized carbons (Fsp3) is 0.250. The Bertz CT molecular complexity index is 837. The van der Waals surface area contributed by atoms with Crippen molar-refractivity contribution >= 4 is 27.4 Å². The molecule has 2 heterocycles. The van der Waals surface area contributed by atoms with E-state index in [0.717, 1.165) is 22.3 Å². The summed E-state index contributed by atoms with van der Waals surface area (Å²) in [5, 5.41) is 15.7. The van der Waals surface area contributed by atoms with Gasteiger partial charge in [-0.05, 0) is 35.7 Å². The molecule has 0 saturated heterocycles. The highest BCUT2D eigenvalue weighted by molar-refractivity contribution is 7.16. The number of ether oxygens (including phenoxy) is 1. The van der Waals surface area contributed by atoms with E-state index in [9.17, 15) is 18.3 Å². The largest absolute Gasteiger partial charge is 0.491 e. The van der Waals surface area contributed by atoms with Crippen LogP contribution in [0.15, 0.2) is 42.0 Å². The Hall–Kier alpha value is -2.39. The third kappa shape index (κ3) is 4.37. The number of hydrogen-bond acceptors (Lipinski definition) is 6. The Morgan fingerprint density at radius 3 is 2.64 bits per heavy atom. The number of aliphatic hydroxyl groups is 1. The molecule has 0 aliphatic rings. The van der Waals surface area contributed by atoms with Gasteiger partial charge in [0, 0.05) is 6.54 Å². The van der Waals surface area contributed by atoms with E-state index in [2.05, 4.69) is 15.3 Å². The topological polar surface area (TPSA) is 67.3 Å². The van der Waals surface area contributed by atoms with Crippen molar-refractivity contribution in [1.29, 1.82) is 0 Å². The molecule has 0 aliphatic heterocycles. The summed E-state index contributed by atoms with van der Waals surface area (Å²) >= 11 is 1.49. The van der Waals surface area contributed by atoms with Gasteiger partial charge in [-0.15, -0.1) is 11.3 Å². The average molecular weight is 369 g/mol. The molecule has 2 aromatic heterocycles. The molecular formula is C16H14F3N3O2S.